The SMILES string of the molecule is CC(S)c1ccc(F)c(N=Nc2cccc(C(=O)O)c2)c1. The summed E-state index contributed by atoms with van der Waals surface area (Å²) in [5.41, 5.74) is 1.37. The lowest BCUT2D eigenvalue weighted by Gasteiger charge is -2.05. The van der Waals surface area contributed by atoms with Gasteiger partial charge in [0, 0.05) is 5.25 Å². The molecule has 0 aliphatic rings. The standard InChI is InChI=1S/C15H13FN2O2S/c1-9(21)10-5-6-13(16)14(8-10)18-17-12-4-2-3-11(7-12)15(19)20/h2-9,21H,1H3,(H,19,20). The number of aromatic carboxylic acids is 1. The molecule has 0 aromatic heterocycles. The van der Waals surface area contributed by atoms with Crippen molar-refractivity contribution in [3.05, 3.63) is 59.4 Å². The molecule has 0 aliphatic heterocycles. The van der Waals surface area contributed by atoms with Gasteiger partial charge in [0.25, 0.3) is 0 Å². The monoisotopic (exact) mass is 304 g/mol. The largest absolute Gasteiger partial charge is 0.478 e. The van der Waals surface area contributed by atoms with E-state index < -0.39 is 11.8 Å². The third kappa shape index (κ3) is 3.88. The van der Waals surface area contributed by atoms with E-state index >= 15 is 0 Å². The minimum atomic E-state index is -1.05. The first kappa shape index (κ1) is 15.2. The predicted molar refractivity (Wildman–Crippen MR) is 81.4 cm³/mol. The number of thiol groups is 1. The van der Waals surface area contributed by atoms with Gasteiger partial charge in [-0.15, -0.1) is 5.11 Å². The Morgan fingerprint density at radius 2 is 2.00 bits per heavy atom. The molecule has 0 saturated carbocycles. The van der Waals surface area contributed by atoms with Gasteiger partial charge >= 0.3 is 5.97 Å². The number of hydrogen-bond donors (Lipinski definition) is 2. The molecular formula is C15H13FN2O2S. The minimum Gasteiger partial charge on any atom is -0.478 e. The first-order valence-corrected chi connectivity index (χ1v) is 6.71. The van der Waals surface area contributed by atoms with E-state index in [2.05, 4.69) is 22.9 Å². The Kier molecular flexibility index (Phi) is 4.70. The van der Waals surface area contributed by atoms with Gasteiger partial charge in [-0.05, 0) is 42.8 Å². The molecule has 1 N–H and O–H groups in total. The van der Waals surface area contributed by atoms with Gasteiger partial charge in [0.05, 0.1) is 11.3 Å². The fraction of sp³-hybridized carbons (Fsp3) is 0.133. The second-order valence-electron chi connectivity index (χ2n) is 4.44. The number of carboxylic acid groups (broad SMARTS) is 1. The number of carboxylic acids is 1. The van der Waals surface area contributed by atoms with Gasteiger partial charge in [-0.25, -0.2) is 9.18 Å². The maximum atomic E-state index is 13.7. The molecule has 6 heteroatoms. The maximum absolute atomic E-state index is 13.7. The van der Waals surface area contributed by atoms with Gasteiger partial charge in [-0.3, -0.25) is 0 Å². The summed E-state index contributed by atoms with van der Waals surface area (Å²) in [7, 11) is 0. The lowest BCUT2D eigenvalue weighted by Crippen LogP contribution is -1.94. The van der Waals surface area contributed by atoms with Crippen LogP contribution in [0.1, 0.15) is 28.1 Å². The molecule has 0 amide bonds. The molecular weight excluding hydrogens is 291 g/mol. The zero-order valence-corrected chi connectivity index (χ0v) is 12.1. The van der Waals surface area contributed by atoms with E-state index in [-0.39, 0.29) is 16.5 Å². The summed E-state index contributed by atoms with van der Waals surface area (Å²) in [6, 6.07) is 10.5. The van der Waals surface area contributed by atoms with Crippen LogP contribution in [0.15, 0.2) is 52.7 Å². The highest BCUT2D eigenvalue weighted by Crippen LogP contribution is 2.27. The van der Waals surface area contributed by atoms with E-state index in [1.807, 2.05) is 6.92 Å². The van der Waals surface area contributed by atoms with Gasteiger partial charge in [0.1, 0.15) is 5.69 Å². The third-order valence-corrected chi connectivity index (χ3v) is 3.12. The Balaban J connectivity index is 2.31. The topological polar surface area (TPSA) is 62.0 Å². The third-order valence-electron chi connectivity index (χ3n) is 2.82. The highest BCUT2D eigenvalue weighted by molar-refractivity contribution is 7.80. The Hall–Kier alpha value is -2.21. The van der Waals surface area contributed by atoms with E-state index in [1.54, 1.807) is 24.3 Å². The van der Waals surface area contributed by atoms with Crippen LogP contribution >= 0.6 is 12.6 Å². The summed E-state index contributed by atoms with van der Waals surface area (Å²) in [5, 5.41) is 16.6. The van der Waals surface area contributed by atoms with Crippen molar-refractivity contribution in [1.29, 1.82) is 0 Å². The molecule has 1 unspecified atom stereocenters. The van der Waals surface area contributed by atoms with Crippen molar-refractivity contribution in [1.82, 2.24) is 0 Å². The van der Waals surface area contributed by atoms with Crippen molar-refractivity contribution < 1.29 is 14.3 Å². The Labute approximate surface area is 126 Å². The van der Waals surface area contributed by atoms with Crippen LogP contribution in [0, 0.1) is 5.82 Å². The Morgan fingerprint density at radius 3 is 2.67 bits per heavy atom. The van der Waals surface area contributed by atoms with Crippen LogP contribution in [0.25, 0.3) is 0 Å². The molecule has 0 heterocycles. The second-order valence-corrected chi connectivity index (χ2v) is 5.22. The van der Waals surface area contributed by atoms with E-state index in [0.29, 0.717) is 5.69 Å². The molecule has 0 bridgehead atoms. The minimum absolute atomic E-state index is 0.0464. The molecule has 21 heavy (non-hydrogen) atoms. The molecule has 108 valence electrons. The summed E-state index contributed by atoms with van der Waals surface area (Å²) < 4.78 is 13.7. The summed E-state index contributed by atoms with van der Waals surface area (Å²) in [6.45, 7) is 1.87. The molecule has 0 saturated heterocycles. The average molecular weight is 304 g/mol. The number of benzene rings is 2. The Morgan fingerprint density at radius 1 is 1.24 bits per heavy atom. The molecule has 0 fully saturated rings. The normalized spacial score (nSPS) is 12.5. The van der Waals surface area contributed by atoms with E-state index in [9.17, 15) is 9.18 Å². The number of azo groups is 1. The molecule has 0 radical (unpaired) electrons. The van der Waals surface area contributed by atoms with Gasteiger partial charge < -0.3 is 5.11 Å². The lowest BCUT2D eigenvalue weighted by molar-refractivity contribution is 0.0697. The fourth-order valence-electron chi connectivity index (χ4n) is 1.68. The number of halogens is 1. The zero-order chi connectivity index (χ0) is 15.4. The molecule has 4 nitrogen and oxygen atoms in total. The molecule has 0 spiro atoms. The summed E-state index contributed by atoms with van der Waals surface area (Å²) in [5.74, 6) is -1.55. The van der Waals surface area contributed by atoms with E-state index in [0.717, 1.165) is 5.56 Å². The quantitative estimate of drug-likeness (QED) is 0.621. The summed E-state index contributed by atoms with van der Waals surface area (Å²) in [6.07, 6.45) is 0. The molecule has 2 aromatic rings. The van der Waals surface area contributed by atoms with Gasteiger partial charge in [-0.1, -0.05) is 12.1 Å². The lowest BCUT2D eigenvalue weighted by atomic mass is 10.1. The Bertz CT molecular complexity index is 702. The van der Waals surface area contributed by atoms with Crippen molar-refractivity contribution >= 4 is 30.0 Å². The highest BCUT2D eigenvalue weighted by Gasteiger charge is 2.07. The second kappa shape index (κ2) is 6.49. The van der Waals surface area contributed by atoms with Crippen LogP contribution < -0.4 is 0 Å². The van der Waals surface area contributed by atoms with Crippen LogP contribution in [-0.4, -0.2) is 11.1 Å². The zero-order valence-electron chi connectivity index (χ0n) is 11.2. The number of rotatable bonds is 4. The van der Waals surface area contributed by atoms with Crippen LogP contribution in [0.5, 0.6) is 0 Å². The molecule has 2 aromatic carbocycles. The summed E-state index contributed by atoms with van der Waals surface area (Å²) >= 11 is 4.28. The fourth-order valence-corrected chi connectivity index (χ4v) is 1.84. The number of hydrogen-bond acceptors (Lipinski definition) is 4. The van der Waals surface area contributed by atoms with Crippen molar-refractivity contribution in [3.63, 3.8) is 0 Å². The van der Waals surface area contributed by atoms with Crippen molar-refractivity contribution in [2.75, 3.05) is 0 Å². The molecule has 0 aliphatic carbocycles. The average Bonchev–Trinajstić information content (AvgIpc) is 2.46. The van der Waals surface area contributed by atoms with Crippen molar-refractivity contribution in [2.45, 2.75) is 12.2 Å². The van der Waals surface area contributed by atoms with Crippen LogP contribution in [0.3, 0.4) is 0 Å². The van der Waals surface area contributed by atoms with Crippen LogP contribution in [-0.2, 0) is 0 Å². The summed E-state index contributed by atoms with van der Waals surface area (Å²) in [4.78, 5) is 10.9. The van der Waals surface area contributed by atoms with Crippen molar-refractivity contribution in [3.8, 4) is 0 Å². The van der Waals surface area contributed by atoms with Crippen molar-refractivity contribution in [2.24, 2.45) is 10.2 Å². The van der Waals surface area contributed by atoms with Crippen LogP contribution in [0.4, 0.5) is 15.8 Å². The molecule has 2 rings (SSSR count). The van der Waals surface area contributed by atoms with Gasteiger partial charge in [-0.2, -0.15) is 17.7 Å². The van der Waals surface area contributed by atoms with E-state index in [4.69, 9.17) is 5.11 Å². The number of nitrogens with zero attached hydrogens (tertiary/aromatic N) is 2. The highest BCUT2D eigenvalue weighted by atomic mass is 32.1. The predicted octanol–water partition coefficient (Wildman–Crippen LogP) is 4.93. The molecule has 1 atom stereocenters. The first-order chi connectivity index (χ1) is 9.97. The number of carbonyl (C=O) groups is 1. The smallest absolute Gasteiger partial charge is 0.335 e. The van der Waals surface area contributed by atoms with E-state index in [1.165, 1.54) is 18.2 Å². The van der Waals surface area contributed by atoms with Gasteiger partial charge in [0.15, 0.2) is 5.82 Å². The maximum Gasteiger partial charge on any atom is 0.335 e. The van der Waals surface area contributed by atoms with Crippen LogP contribution in [0.2, 0.25) is 0 Å². The van der Waals surface area contributed by atoms with Gasteiger partial charge in [0.2, 0.25) is 0 Å². The first-order valence-electron chi connectivity index (χ1n) is 6.20.